The highest BCUT2D eigenvalue weighted by atomic mass is 16.8. The van der Waals surface area contributed by atoms with E-state index in [1.54, 1.807) is 17.1 Å². The zero-order valence-corrected chi connectivity index (χ0v) is 15.8. The number of carbonyl (C=O) groups excluding carboxylic acids is 1. The van der Waals surface area contributed by atoms with Crippen LogP contribution in [-0.4, -0.2) is 30.2 Å². The second kappa shape index (κ2) is 6.51. The quantitative estimate of drug-likeness (QED) is 0.790. The maximum atomic E-state index is 12.8. The summed E-state index contributed by atoms with van der Waals surface area (Å²) in [5.41, 5.74) is 0.912. The average Bonchev–Trinajstić information content (AvgIpc) is 3.05. The van der Waals surface area contributed by atoms with Crippen molar-refractivity contribution < 1.29 is 14.4 Å². The number of ether oxygens (including phenoxy) is 1. The number of para-hydroxylation sites is 1. The van der Waals surface area contributed by atoms with Crippen LogP contribution in [0.4, 0.5) is 10.5 Å². The van der Waals surface area contributed by atoms with Crippen LogP contribution in [0.1, 0.15) is 25.8 Å². The molecule has 2 heterocycles. The van der Waals surface area contributed by atoms with Gasteiger partial charge >= 0.3 is 6.09 Å². The molecule has 2 aliphatic heterocycles. The average molecular weight is 364 g/mol. The summed E-state index contributed by atoms with van der Waals surface area (Å²) in [5.74, 6) is 0. The van der Waals surface area contributed by atoms with Gasteiger partial charge in [0.05, 0.1) is 0 Å². The van der Waals surface area contributed by atoms with Gasteiger partial charge in [-0.2, -0.15) is 0 Å². The summed E-state index contributed by atoms with van der Waals surface area (Å²) in [7, 11) is 1.66. The predicted molar refractivity (Wildman–Crippen MR) is 105 cm³/mol. The number of benzene rings is 2. The molecule has 140 valence electrons. The van der Waals surface area contributed by atoms with E-state index in [0.29, 0.717) is 6.42 Å². The summed E-state index contributed by atoms with van der Waals surface area (Å²) in [6, 6.07) is 19.7. The number of nitrogens with zero attached hydrogens (tertiary/aromatic N) is 2. The van der Waals surface area contributed by atoms with Gasteiger partial charge in [0.15, 0.2) is 11.9 Å². The molecule has 0 bridgehead atoms. The second-order valence-corrected chi connectivity index (χ2v) is 7.73. The highest BCUT2D eigenvalue weighted by molar-refractivity contribution is 5.92. The fourth-order valence-electron chi connectivity index (χ4n) is 4.27. The molecule has 1 amide bonds. The van der Waals surface area contributed by atoms with Crippen LogP contribution in [0.15, 0.2) is 66.7 Å². The number of carbonyl (C=O) groups is 1. The molecule has 5 nitrogen and oxygen atoms in total. The van der Waals surface area contributed by atoms with Gasteiger partial charge in [0.1, 0.15) is 0 Å². The number of amides is 1. The van der Waals surface area contributed by atoms with Crippen molar-refractivity contribution in [1.29, 1.82) is 0 Å². The molecule has 2 saturated heterocycles. The zero-order chi connectivity index (χ0) is 19.1. The van der Waals surface area contributed by atoms with Gasteiger partial charge in [0.2, 0.25) is 0 Å². The molecule has 0 aliphatic carbocycles. The minimum Gasteiger partial charge on any atom is -0.362 e. The molecule has 2 atom stereocenters. The van der Waals surface area contributed by atoms with E-state index in [4.69, 9.17) is 9.57 Å². The third kappa shape index (κ3) is 2.83. The molecule has 0 spiro atoms. The van der Waals surface area contributed by atoms with Crippen molar-refractivity contribution in [3.8, 4) is 0 Å². The Morgan fingerprint density at radius 1 is 1.07 bits per heavy atom. The highest BCUT2D eigenvalue weighted by Gasteiger charge is 2.66. The molecule has 2 aromatic rings. The Bertz CT molecular complexity index is 850. The largest absolute Gasteiger partial charge is 0.435 e. The molecular formula is C22H24N2O3. The van der Waals surface area contributed by atoms with E-state index >= 15 is 0 Å². The number of anilines is 1. The van der Waals surface area contributed by atoms with Crippen LogP contribution in [0.5, 0.6) is 0 Å². The molecule has 5 heteroatoms. The molecule has 2 fully saturated rings. The topological polar surface area (TPSA) is 42.0 Å². The van der Waals surface area contributed by atoms with E-state index in [9.17, 15) is 4.79 Å². The number of fused-ring (bicyclic) bond motifs is 1. The number of hydrogen-bond acceptors (Lipinski definition) is 4. The van der Waals surface area contributed by atoms with Gasteiger partial charge < -0.3 is 9.57 Å². The van der Waals surface area contributed by atoms with Gasteiger partial charge in [-0.05, 0) is 23.8 Å². The summed E-state index contributed by atoms with van der Waals surface area (Å²) in [5, 5.41) is 1.71. The first-order valence-corrected chi connectivity index (χ1v) is 9.12. The summed E-state index contributed by atoms with van der Waals surface area (Å²) in [6.45, 7) is 4.27. The minimum atomic E-state index is -0.752. The Hall–Kier alpha value is -2.63. The predicted octanol–water partition coefficient (Wildman–Crippen LogP) is 4.67. The molecule has 0 N–H and O–H groups in total. The van der Waals surface area contributed by atoms with Crippen LogP contribution >= 0.6 is 0 Å². The van der Waals surface area contributed by atoms with Crippen molar-refractivity contribution in [2.24, 2.45) is 5.41 Å². The van der Waals surface area contributed by atoms with E-state index in [1.807, 2.05) is 66.7 Å². The van der Waals surface area contributed by atoms with Crippen LogP contribution in [0.3, 0.4) is 0 Å². The van der Waals surface area contributed by atoms with E-state index < -0.39 is 11.8 Å². The number of hydrogen-bond donors (Lipinski definition) is 0. The zero-order valence-electron chi connectivity index (χ0n) is 15.8. The summed E-state index contributed by atoms with van der Waals surface area (Å²) >= 11 is 0. The van der Waals surface area contributed by atoms with Crippen LogP contribution in [0.25, 0.3) is 6.08 Å². The maximum absolute atomic E-state index is 12.8. The summed E-state index contributed by atoms with van der Waals surface area (Å²) < 4.78 is 5.74. The minimum absolute atomic E-state index is 0.205. The SMILES string of the molecule is CO[C@H]1N2OC(=O)N(c3ccccc3)[C@]2(/C=C/c2ccccc2)CC1(C)C. The molecule has 4 rings (SSSR count). The smallest absolute Gasteiger partial charge is 0.362 e. The van der Waals surface area contributed by atoms with Crippen LogP contribution in [-0.2, 0) is 9.57 Å². The molecule has 0 unspecified atom stereocenters. The monoisotopic (exact) mass is 364 g/mol. The number of rotatable bonds is 4. The van der Waals surface area contributed by atoms with Gasteiger partial charge in [-0.3, -0.25) is 4.90 Å². The van der Waals surface area contributed by atoms with E-state index in [0.717, 1.165) is 11.3 Å². The first-order valence-electron chi connectivity index (χ1n) is 9.12. The lowest BCUT2D eigenvalue weighted by Gasteiger charge is -2.33. The molecule has 2 aromatic carbocycles. The Morgan fingerprint density at radius 2 is 1.70 bits per heavy atom. The van der Waals surface area contributed by atoms with Crippen LogP contribution in [0.2, 0.25) is 0 Å². The van der Waals surface area contributed by atoms with Crippen molar-refractivity contribution in [1.82, 2.24) is 5.06 Å². The fraction of sp³-hybridized carbons (Fsp3) is 0.318. The van der Waals surface area contributed by atoms with Gasteiger partial charge in [0.25, 0.3) is 0 Å². The third-order valence-electron chi connectivity index (χ3n) is 5.31. The lowest BCUT2D eigenvalue weighted by molar-refractivity contribution is -0.211. The van der Waals surface area contributed by atoms with Crippen molar-refractivity contribution in [3.05, 3.63) is 72.3 Å². The standard InChI is InChI=1S/C22H24N2O3/c1-21(2)16-22(15-14-17-10-6-4-7-11-17)23(18-12-8-5-9-13-18)20(25)27-24(22)19(21)26-3/h4-15,19H,16H2,1-3H3/b15-14+/t19-,22+/m1/s1. The summed E-state index contributed by atoms with van der Waals surface area (Å²) in [6.07, 6.45) is 4.05. The van der Waals surface area contributed by atoms with Gasteiger partial charge in [0, 0.05) is 24.6 Å². The lowest BCUT2D eigenvalue weighted by Crippen LogP contribution is -2.50. The third-order valence-corrected chi connectivity index (χ3v) is 5.31. The first kappa shape index (κ1) is 17.8. The van der Waals surface area contributed by atoms with E-state index in [-0.39, 0.29) is 11.6 Å². The van der Waals surface area contributed by atoms with Gasteiger partial charge in [-0.15, -0.1) is 0 Å². The van der Waals surface area contributed by atoms with Crippen molar-refractivity contribution in [3.63, 3.8) is 0 Å². The first-order chi connectivity index (χ1) is 13.0. The lowest BCUT2D eigenvalue weighted by atomic mass is 9.85. The highest BCUT2D eigenvalue weighted by Crippen LogP contribution is 2.53. The van der Waals surface area contributed by atoms with Gasteiger partial charge in [-0.1, -0.05) is 73.5 Å². The Balaban J connectivity index is 1.84. The number of methoxy groups -OCH3 is 1. The number of hydroxylamine groups is 2. The Labute approximate surface area is 159 Å². The van der Waals surface area contributed by atoms with E-state index in [2.05, 4.69) is 19.9 Å². The second-order valence-electron chi connectivity index (χ2n) is 7.73. The van der Waals surface area contributed by atoms with Crippen molar-refractivity contribution in [2.45, 2.75) is 32.2 Å². The van der Waals surface area contributed by atoms with Crippen LogP contribution < -0.4 is 4.90 Å². The van der Waals surface area contributed by atoms with Crippen molar-refractivity contribution >= 4 is 17.9 Å². The Morgan fingerprint density at radius 3 is 2.33 bits per heavy atom. The van der Waals surface area contributed by atoms with Crippen LogP contribution in [0, 0.1) is 5.41 Å². The maximum Gasteiger partial charge on any atom is 0.435 e. The summed E-state index contributed by atoms with van der Waals surface area (Å²) in [4.78, 5) is 20.3. The van der Waals surface area contributed by atoms with Gasteiger partial charge in [-0.25, -0.2) is 4.79 Å². The fourth-order valence-corrected chi connectivity index (χ4v) is 4.27. The molecule has 2 aliphatic rings. The Kier molecular flexibility index (Phi) is 4.29. The molecule has 0 saturated carbocycles. The molecular weight excluding hydrogens is 340 g/mol. The molecule has 27 heavy (non-hydrogen) atoms. The van der Waals surface area contributed by atoms with E-state index in [1.165, 1.54) is 0 Å². The molecule has 0 radical (unpaired) electrons. The van der Waals surface area contributed by atoms with Crippen molar-refractivity contribution in [2.75, 3.05) is 12.0 Å². The molecule has 0 aromatic heterocycles. The normalized spacial score (nSPS) is 27.1.